The van der Waals surface area contributed by atoms with E-state index in [9.17, 15) is 9.59 Å². The van der Waals surface area contributed by atoms with Crippen LogP contribution in [0.5, 0.6) is 0 Å². The van der Waals surface area contributed by atoms with Crippen molar-refractivity contribution >= 4 is 77.5 Å². The summed E-state index contributed by atoms with van der Waals surface area (Å²) in [5.41, 5.74) is 13.1. The highest BCUT2D eigenvalue weighted by Crippen LogP contribution is 2.54. The number of fused-ring (bicyclic) bond motifs is 2. The van der Waals surface area contributed by atoms with Gasteiger partial charge in [-0.3, -0.25) is 4.79 Å². The van der Waals surface area contributed by atoms with Gasteiger partial charge in [-0.2, -0.15) is 0 Å². The summed E-state index contributed by atoms with van der Waals surface area (Å²) >= 11 is 0. The van der Waals surface area contributed by atoms with Crippen molar-refractivity contribution in [2.75, 3.05) is 18.0 Å². The maximum atomic E-state index is 13.7. The molecule has 0 spiro atoms. The van der Waals surface area contributed by atoms with Gasteiger partial charge in [0.2, 0.25) is 0 Å². The molecule has 0 unspecified atom stereocenters. The van der Waals surface area contributed by atoms with Gasteiger partial charge >= 0.3 is 0 Å². The van der Waals surface area contributed by atoms with Gasteiger partial charge in [0, 0.05) is 69.2 Å². The number of benzene rings is 7. The number of carbonyl (C=O) groups excluding carboxylic acids is 2. The van der Waals surface area contributed by atoms with Gasteiger partial charge in [0.15, 0.2) is 5.78 Å². The highest BCUT2D eigenvalue weighted by Gasteiger charge is 2.34. The minimum absolute atomic E-state index is 0.0301. The lowest BCUT2D eigenvalue weighted by Crippen LogP contribution is -2.34. The summed E-state index contributed by atoms with van der Waals surface area (Å²) in [5, 5.41) is 8.65. The van der Waals surface area contributed by atoms with Gasteiger partial charge < -0.3 is 9.80 Å². The van der Waals surface area contributed by atoms with E-state index in [2.05, 4.69) is 115 Å². The first-order valence-corrected chi connectivity index (χ1v) is 24.3. The molecule has 0 aliphatic carbocycles. The number of Topliss-reactive ketones (excluding diaryl/α,β-unsaturated/α-hetero) is 1. The van der Waals surface area contributed by atoms with E-state index in [4.69, 9.17) is 13.2 Å². The molecule has 0 bridgehead atoms. The molecule has 1 fully saturated rings. The quantitative estimate of drug-likeness (QED) is 0.0319. The Labute approximate surface area is 380 Å². The fourth-order valence-electron chi connectivity index (χ4n) is 11.3. The molecule has 0 atom stereocenters. The van der Waals surface area contributed by atoms with Gasteiger partial charge in [0.05, 0.1) is 0 Å². The Morgan fingerprint density at radius 1 is 0.594 bits per heavy atom. The van der Waals surface area contributed by atoms with Crippen LogP contribution in [-0.2, 0) is 4.79 Å². The third-order valence-electron chi connectivity index (χ3n) is 14.7. The van der Waals surface area contributed by atoms with Crippen molar-refractivity contribution in [1.29, 1.82) is 0 Å². The Bertz CT molecular complexity index is 2960. The number of anilines is 1. The van der Waals surface area contributed by atoms with Crippen LogP contribution in [0.1, 0.15) is 144 Å². The van der Waals surface area contributed by atoms with E-state index >= 15 is 0 Å². The second kappa shape index (κ2) is 18.3. The van der Waals surface area contributed by atoms with E-state index in [1.807, 2.05) is 13.0 Å². The first-order valence-electron chi connectivity index (χ1n) is 24.3. The Morgan fingerprint density at radius 2 is 1.16 bits per heavy atom. The summed E-state index contributed by atoms with van der Waals surface area (Å²) in [4.78, 5) is 31.4. The minimum Gasteiger partial charge on any atom is -0.372 e. The van der Waals surface area contributed by atoms with Crippen LogP contribution in [-0.4, -0.2) is 35.8 Å². The lowest BCUT2D eigenvalue weighted by Gasteiger charge is -2.41. The highest BCUT2D eigenvalue weighted by atomic mass is 16.1. The number of piperidine rings is 1. The third kappa shape index (κ3) is 7.54. The predicted octanol–water partition coefficient (Wildman–Crippen LogP) is 16.4. The molecule has 7 aromatic rings. The van der Waals surface area contributed by atoms with E-state index in [1.165, 1.54) is 92.7 Å². The second-order valence-electron chi connectivity index (χ2n) is 18.9. The van der Waals surface area contributed by atoms with Crippen molar-refractivity contribution in [2.45, 2.75) is 124 Å². The molecule has 4 heteroatoms. The average Bonchev–Trinajstić information content (AvgIpc) is 3.32. The van der Waals surface area contributed by atoms with Gasteiger partial charge in [-0.05, 0) is 137 Å². The number of unbranched alkanes of at least 4 members (excludes halogenated alkanes) is 6. The van der Waals surface area contributed by atoms with Crippen molar-refractivity contribution < 1.29 is 9.59 Å². The number of allylic oxidation sites excluding steroid dienone is 1. The number of rotatable bonds is 16. The van der Waals surface area contributed by atoms with Gasteiger partial charge in [-0.15, -0.1) is 0 Å². The van der Waals surface area contributed by atoms with Crippen LogP contribution in [0.15, 0.2) is 98.1 Å². The van der Waals surface area contributed by atoms with Crippen LogP contribution in [0, 0.1) is 6.92 Å². The summed E-state index contributed by atoms with van der Waals surface area (Å²) in [6, 6.07) is 31.6. The fraction of sp³-hybridized carbons (Fsp3) is 0.350. The van der Waals surface area contributed by atoms with Gasteiger partial charge in [0.1, 0.15) is 5.94 Å². The van der Waals surface area contributed by atoms with Crippen LogP contribution in [0.25, 0.3) is 82.3 Å². The van der Waals surface area contributed by atoms with Crippen LogP contribution < -0.4 is 4.90 Å². The predicted molar refractivity (Wildman–Crippen MR) is 275 cm³/mol. The molecule has 0 amide bonds. The molecule has 2 aliphatic rings. The SMILES string of the molecule is C=C1c2ccc3c4c(-c5ccc(N6CCCCC6)cc5)cc(C(C)=C=O)c5c(C(C)=O)ccc(c6c(-c7ccc(C)cc7)cc(c2c36)C(=C)N1C(CCCCCC)CCCCCC)c54. The van der Waals surface area contributed by atoms with Crippen molar-refractivity contribution in [3.05, 3.63) is 126 Å². The van der Waals surface area contributed by atoms with Crippen molar-refractivity contribution in [2.24, 2.45) is 0 Å². The monoisotopic (exact) mass is 844 g/mol. The Kier molecular flexibility index (Phi) is 12.4. The van der Waals surface area contributed by atoms with E-state index < -0.39 is 0 Å². The molecule has 7 aromatic carbocycles. The van der Waals surface area contributed by atoms with Crippen molar-refractivity contribution in [3.63, 3.8) is 0 Å². The number of carbonyl (C=O) groups is 1. The summed E-state index contributed by atoms with van der Waals surface area (Å²) in [5.74, 6) is 2.21. The minimum atomic E-state index is -0.0301. The second-order valence-corrected chi connectivity index (χ2v) is 18.9. The molecule has 2 heterocycles. The zero-order valence-corrected chi connectivity index (χ0v) is 38.9. The molecule has 1 saturated heterocycles. The summed E-state index contributed by atoms with van der Waals surface area (Å²) < 4.78 is 0. The van der Waals surface area contributed by atoms with Gasteiger partial charge in [-0.25, -0.2) is 4.79 Å². The molecular formula is C60H64N2O2. The van der Waals surface area contributed by atoms with Crippen molar-refractivity contribution in [3.8, 4) is 22.3 Å². The van der Waals surface area contributed by atoms with E-state index in [-0.39, 0.29) is 5.78 Å². The lowest BCUT2D eigenvalue weighted by molar-refractivity contribution is 0.101. The molecule has 326 valence electrons. The normalized spacial score (nSPS) is 14.2. The maximum Gasteiger partial charge on any atom is 0.160 e. The van der Waals surface area contributed by atoms with Crippen LogP contribution in [0.3, 0.4) is 0 Å². The number of hydrogen-bond acceptors (Lipinski definition) is 4. The summed E-state index contributed by atoms with van der Waals surface area (Å²) in [6.07, 6.45) is 15.8. The summed E-state index contributed by atoms with van der Waals surface area (Å²) in [7, 11) is 0. The number of ketones is 1. The Balaban J connectivity index is 1.38. The van der Waals surface area contributed by atoms with Gasteiger partial charge in [-0.1, -0.05) is 145 Å². The van der Waals surface area contributed by atoms with E-state index in [1.54, 1.807) is 6.92 Å². The van der Waals surface area contributed by atoms with E-state index in [0.29, 0.717) is 17.2 Å². The van der Waals surface area contributed by atoms with Crippen LogP contribution in [0.2, 0.25) is 0 Å². The largest absolute Gasteiger partial charge is 0.372 e. The maximum absolute atomic E-state index is 13.7. The third-order valence-corrected chi connectivity index (χ3v) is 14.7. The zero-order chi connectivity index (χ0) is 44.6. The topological polar surface area (TPSA) is 40.6 Å². The molecule has 64 heavy (non-hydrogen) atoms. The molecule has 4 nitrogen and oxygen atoms in total. The Hall–Kier alpha value is -5.96. The lowest BCUT2D eigenvalue weighted by atomic mass is 9.77. The molecular weight excluding hydrogens is 781 g/mol. The number of nitrogens with zero attached hydrogens (tertiary/aromatic N) is 2. The number of hydrogen-bond donors (Lipinski definition) is 0. The Morgan fingerprint density at radius 3 is 1.75 bits per heavy atom. The molecule has 2 aliphatic heterocycles. The first-order chi connectivity index (χ1) is 31.2. The number of aryl methyl sites for hydroxylation is 1. The van der Waals surface area contributed by atoms with Crippen molar-refractivity contribution in [1.82, 2.24) is 4.90 Å². The fourth-order valence-corrected chi connectivity index (χ4v) is 11.3. The molecule has 9 rings (SSSR count). The molecule has 0 N–H and O–H groups in total. The van der Waals surface area contributed by atoms with Crippen LogP contribution >= 0.6 is 0 Å². The molecule has 0 aromatic heterocycles. The first kappa shape index (κ1) is 43.3. The molecule has 0 radical (unpaired) electrons. The standard InChI is InChI=1S/C60H64N2O2/c1-8-10-12-15-19-46(20-16-13-11-9-2)62-40(5)47-29-31-49-57-53(44-25-27-45(28-26-44)61-33-17-14-18-34-61)35-51(39(4)37-63)56-48(42(7)64)30-32-50(60(56)57)58-54(43-23-21-38(3)22-24-43)36-52(41(62)6)55(47)59(49)58/h21-32,35-36,46H,5-6,8-20,33-34H2,1-4,7H3. The smallest absolute Gasteiger partial charge is 0.160 e. The van der Waals surface area contributed by atoms with E-state index in [0.717, 1.165) is 109 Å². The molecule has 0 saturated carbocycles. The zero-order valence-electron chi connectivity index (χ0n) is 38.9. The summed E-state index contributed by atoms with van der Waals surface area (Å²) in [6.45, 7) is 22.2. The van der Waals surface area contributed by atoms with Gasteiger partial charge in [0.25, 0.3) is 0 Å². The highest BCUT2D eigenvalue weighted by molar-refractivity contribution is 6.41. The average molecular weight is 845 g/mol. The van der Waals surface area contributed by atoms with Crippen LogP contribution in [0.4, 0.5) is 5.69 Å².